The molecule has 10 nitrogen and oxygen atoms in total. The van der Waals surface area contributed by atoms with E-state index in [1.165, 1.54) is 0 Å². The van der Waals surface area contributed by atoms with Crippen molar-refractivity contribution in [1.29, 1.82) is 0 Å². The molecular weight excluding hydrogens is 502 g/mol. The van der Waals surface area contributed by atoms with Crippen LogP contribution in [0.4, 0.5) is 0 Å². The van der Waals surface area contributed by atoms with Gasteiger partial charge in [-0.15, -0.1) is 13.2 Å². The van der Waals surface area contributed by atoms with Gasteiger partial charge in [0.05, 0.1) is 24.5 Å². The predicted octanol–water partition coefficient (Wildman–Crippen LogP) is 1.96. The average Bonchev–Trinajstić information content (AvgIpc) is 3.54. The number of hydrogen-bond acceptors (Lipinski definition) is 7. The molecule has 0 aromatic carbocycles. The highest BCUT2D eigenvalue weighted by Crippen LogP contribution is 2.59. The molecule has 39 heavy (non-hydrogen) atoms. The molecule has 3 rings (SSSR count). The van der Waals surface area contributed by atoms with Crippen molar-refractivity contribution in [3.05, 3.63) is 25.3 Å². The number of fused-ring (bicyclic) bond motifs is 1. The molecule has 0 unspecified atom stereocenters. The predicted molar refractivity (Wildman–Crippen MR) is 145 cm³/mol. The summed E-state index contributed by atoms with van der Waals surface area (Å²) in [5, 5.41) is 11.9. The lowest BCUT2D eigenvalue weighted by molar-refractivity contribution is -0.159. The lowest BCUT2D eigenvalue weighted by Gasteiger charge is -2.38. The van der Waals surface area contributed by atoms with Gasteiger partial charge in [0.15, 0.2) is 0 Å². The minimum atomic E-state index is -1.09. The number of rotatable bonds is 16. The Kier molecular flexibility index (Phi) is 10.7. The number of unbranched alkanes of at least 4 members (excludes halogenated alkanes) is 2. The fourth-order valence-corrected chi connectivity index (χ4v) is 6.26. The van der Waals surface area contributed by atoms with Crippen LogP contribution in [0.3, 0.4) is 0 Å². The van der Waals surface area contributed by atoms with Gasteiger partial charge in [0.25, 0.3) is 0 Å². The second-order valence-electron chi connectivity index (χ2n) is 11.1. The van der Waals surface area contributed by atoms with Crippen LogP contribution in [0.25, 0.3) is 0 Å². The van der Waals surface area contributed by atoms with Crippen LogP contribution < -0.4 is 5.32 Å². The maximum absolute atomic E-state index is 14.0. The first-order chi connectivity index (χ1) is 18.6. The Morgan fingerprint density at radius 2 is 1.97 bits per heavy atom. The van der Waals surface area contributed by atoms with E-state index in [0.717, 1.165) is 0 Å². The Bertz CT molecular complexity index is 938. The van der Waals surface area contributed by atoms with Crippen LogP contribution in [-0.4, -0.2) is 94.7 Å². The van der Waals surface area contributed by atoms with Gasteiger partial charge in [0.1, 0.15) is 17.7 Å². The van der Waals surface area contributed by atoms with Crippen molar-refractivity contribution in [2.24, 2.45) is 11.8 Å². The summed E-state index contributed by atoms with van der Waals surface area (Å²) in [7, 11) is 0. The van der Waals surface area contributed by atoms with Crippen LogP contribution in [0.2, 0.25) is 0 Å². The van der Waals surface area contributed by atoms with E-state index >= 15 is 0 Å². The van der Waals surface area contributed by atoms with Crippen molar-refractivity contribution < 1.29 is 33.8 Å². The van der Waals surface area contributed by atoms with Crippen LogP contribution in [0.1, 0.15) is 65.7 Å². The number of allylic oxidation sites excluding steroid dienone is 1. The molecule has 2 N–H and O–H groups in total. The van der Waals surface area contributed by atoms with E-state index in [9.17, 15) is 24.3 Å². The summed E-state index contributed by atoms with van der Waals surface area (Å²) in [6, 6.07) is -0.949. The second kappa shape index (κ2) is 13.6. The molecule has 3 fully saturated rings. The zero-order valence-electron chi connectivity index (χ0n) is 23.6. The van der Waals surface area contributed by atoms with Gasteiger partial charge in [-0.1, -0.05) is 12.2 Å². The quantitative estimate of drug-likeness (QED) is 0.172. The van der Waals surface area contributed by atoms with Crippen molar-refractivity contribution in [3.8, 4) is 0 Å². The molecule has 0 aromatic rings. The zero-order valence-corrected chi connectivity index (χ0v) is 23.6. The fraction of sp³-hybridized carbons (Fsp3) is 0.724. The van der Waals surface area contributed by atoms with Crippen molar-refractivity contribution in [2.45, 2.75) is 95.6 Å². The number of nitrogens with zero attached hydrogens (tertiary/aromatic N) is 2. The Morgan fingerprint density at radius 1 is 1.23 bits per heavy atom. The number of likely N-dealkylation sites (tertiary alicyclic amines) is 1. The molecule has 0 saturated carbocycles. The molecule has 218 valence electrons. The number of nitrogens with one attached hydrogen (secondary N) is 1. The van der Waals surface area contributed by atoms with Gasteiger partial charge in [-0.2, -0.15) is 0 Å². The van der Waals surface area contributed by atoms with Gasteiger partial charge in [0, 0.05) is 32.2 Å². The van der Waals surface area contributed by atoms with Crippen molar-refractivity contribution in [1.82, 2.24) is 15.1 Å². The Labute approximate surface area is 231 Å². The molecule has 2 bridgehead atoms. The Morgan fingerprint density at radius 3 is 2.62 bits per heavy atom. The molecule has 0 radical (unpaired) electrons. The highest BCUT2D eigenvalue weighted by molar-refractivity contribution is 5.98. The number of carbonyl (C=O) groups excluding carboxylic acids is 4. The molecule has 10 heteroatoms. The number of carbonyl (C=O) groups is 4. The second-order valence-corrected chi connectivity index (χ2v) is 11.1. The van der Waals surface area contributed by atoms with Crippen molar-refractivity contribution >= 4 is 23.7 Å². The third kappa shape index (κ3) is 6.38. The third-order valence-electron chi connectivity index (χ3n) is 8.08. The number of aliphatic hydroxyl groups is 1. The largest absolute Gasteiger partial charge is 0.460 e. The molecule has 1 spiro atoms. The first-order valence-electron chi connectivity index (χ1n) is 14.2. The first kappa shape index (κ1) is 30.8. The van der Waals surface area contributed by atoms with E-state index in [-0.39, 0.29) is 36.9 Å². The summed E-state index contributed by atoms with van der Waals surface area (Å²) in [6.45, 7) is 13.8. The minimum absolute atomic E-state index is 0.0644. The highest BCUT2D eigenvalue weighted by Gasteiger charge is 2.75. The van der Waals surface area contributed by atoms with E-state index < -0.39 is 41.7 Å². The van der Waals surface area contributed by atoms with Gasteiger partial charge in [0.2, 0.25) is 17.7 Å². The normalized spacial score (nSPS) is 27.8. The number of esters is 1. The number of hydrogen-bond donors (Lipinski definition) is 2. The monoisotopic (exact) mass is 547 g/mol. The number of amides is 3. The summed E-state index contributed by atoms with van der Waals surface area (Å²) in [4.78, 5) is 56.6. The van der Waals surface area contributed by atoms with E-state index in [2.05, 4.69) is 18.5 Å². The minimum Gasteiger partial charge on any atom is -0.460 e. The topological polar surface area (TPSA) is 125 Å². The molecule has 6 atom stereocenters. The molecule has 3 aliphatic heterocycles. The molecular formula is C29H45N3O7. The van der Waals surface area contributed by atoms with Crippen LogP contribution >= 0.6 is 0 Å². The third-order valence-corrected chi connectivity index (χ3v) is 8.08. The number of ether oxygens (including phenoxy) is 2. The van der Waals surface area contributed by atoms with Crippen LogP contribution in [0.5, 0.6) is 0 Å². The van der Waals surface area contributed by atoms with Gasteiger partial charge in [-0.05, 0) is 59.3 Å². The maximum atomic E-state index is 14.0. The average molecular weight is 548 g/mol. The standard InChI is InChI=1S/C29H45N3O7/c1-6-8-12-22(34)30-18-20(5)38-28(37)23-21-13-14-29(39-21)24(23)26(35)32(16-10-9-11-17-33)25(29)27(36)31(15-7-2)19(3)4/h6-7,19-21,23-25,33H,1-2,8-18H2,3-5H3,(H,30,34)/t20-,21+,23-,24-,25+,29-/m0/s1. The van der Waals surface area contributed by atoms with E-state index in [1.807, 2.05) is 13.8 Å². The number of aliphatic hydroxyl groups excluding tert-OH is 1. The van der Waals surface area contributed by atoms with Crippen molar-refractivity contribution in [3.63, 3.8) is 0 Å². The summed E-state index contributed by atoms with van der Waals surface area (Å²) in [6.07, 6.45) is 6.13. The van der Waals surface area contributed by atoms with E-state index in [0.29, 0.717) is 58.0 Å². The fourth-order valence-electron chi connectivity index (χ4n) is 6.26. The lowest BCUT2D eigenvalue weighted by atomic mass is 9.70. The molecule has 3 saturated heterocycles. The molecule has 0 aromatic heterocycles. The molecule has 3 heterocycles. The SMILES string of the molecule is C=CCCC(=O)NC[C@H](C)OC(=O)[C@@H]1[C@H]2C(=O)N(CCCCCO)[C@H](C(=O)N(CC=C)C(C)C)[C@]23CC[C@H]1O3. The van der Waals surface area contributed by atoms with Crippen LogP contribution in [0.15, 0.2) is 25.3 Å². The van der Waals surface area contributed by atoms with Crippen molar-refractivity contribution in [2.75, 3.05) is 26.2 Å². The first-order valence-corrected chi connectivity index (χ1v) is 14.2. The highest BCUT2D eigenvalue weighted by atomic mass is 16.6. The maximum Gasteiger partial charge on any atom is 0.312 e. The van der Waals surface area contributed by atoms with Gasteiger partial charge in [-0.3, -0.25) is 19.2 Å². The summed E-state index contributed by atoms with van der Waals surface area (Å²) >= 11 is 0. The molecule has 3 aliphatic rings. The molecule has 3 amide bonds. The van der Waals surface area contributed by atoms with Gasteiger partial charge >= 0.3 is 5.97 Å². The van der Waals surface area contributed by atoms with Crippen LogP contribution in [0, 0.1) is 11.8 Å². The summed E-state index contributed by atoms with van der Waals surface area (Å²) in [5.41, 5.74) is -1.09. The summed E-state index contributed by atoms with van der Waals surface area (Å²) < 4.78 is 12.2. The summed E-state index contributed by atoms with van der Waals surface area (Å²) in [5.74, 6) is -2.76. The lowest BCUT2D eigenvalue weighted by Crippen LogP contribution is -2.57. The Balaban J connectivity index is 1.82. The zero-order chi connectivity index (χ0) is 28.7. The van der Waals surface area contributed by atoms with E-state index in [1.54, 1.807) is 28.9 Å². The van der Waals surface area contributed by atoms with E-state index in [4.69, 9.17) is 9.47 Å². The van der Waals surface area contributed by atoms with Crippen LogP contribution in [-0.2, 0) is 28.7 Å². The smallest absolute Gasteiger partial charge is 0.312 e. The van der Waals surface area contributed by atoms with Gasteiger partial charge in [-0.25, -0.2) is 0 Å². The Hall–Kier alpha value is -2.72. The molecule has 0 aliphatic carbocycles. The van der Waals surface area contributed by atoms with Gasteiger partial charge < -0.3 is 29.7 Å².